The first-order valence-electron chi connectivity index (χ1n) is 26.7. The largest absolute Gasteiger partial charge is 0.441 e. The minimum absolute atomic E-state index is 0.0296. The number of hydrogen-bond acceptors (Lipinski definition) is 30. The van der Waals surface area contributed by atoms with Crippen LogP contribution in [0, 0.1) is 0 Å². The maximum atomic E-state index is 13.0. The first-order chi connectivity index (χ1) is 39.6. The first-order valence-corrected chi connectivity index (χ1v) is 28.1. The topological polar surface area (TPSA) is 668 Å². The number of aliphatic hydroxyl groups is 6. The Kier molecular flexibility index (Phi) is 28.0. The normalized spacial score (nSPS) is 31.5. The SMILES string of the molecule is NCCCC(N)CC(=O)NC1C(NC2=NC3C(=O)NCC(O)C3N2)OC(CO)C(OC(N)=O)C1O.NCCCC(N)CC(=O)NCCCC(N)CC(=O)NC1C(NC2=NC3C(=O)NCC(O)C3N2)OC(CO)C(OC(N)=O)C1O.O=S(=O)(O)O. The van der Waals surface area contributed by atoms with E-state index in [0.717, 1.165) is 6.42 Å². The van der Waals surface area contributed by atoms with Gasteiger partial charge in [-0.3, -0.25) is 33.1 Å². The number of piperidine rings is 2. The smallest absolute Gasteiger partial charge is 0.404 e. The van der Waals surface area contributed by atoms with E-state index >= 15 is 0 Å². The molecule has 6 aliphatic rings. The summed E-state index contributed by atoms with van der Waals surface area (Å²) < 4.78 is 53.1. The third kappa shape index (κ3) is 22.0. The van der Waals surface area contributed by atoms with Gasteiger partial charge in [-0.15, -0.1) is 0 Å². The second-order valence-electron chi connectivity index (χ2n) is 20.3. The van der Waals surface area contributed by atoms with Crippen LogP contribution in [0.4, 0.5) is 9.59 Å². The molecule has 39 nitrogen and oxygen atoms in total. The summed E-state index contributed by atoms with van der Waals surface area (Å²) in [6.07, 6.45) is -11.7. The van der Waals surface area contributed by atoms with Gasteiger partial charge in [0.05, 0.1) is 37.5 Å². The second kappa shape index (κ2) is 33.5. The number of nitrogens with two attached hydrogens (primary N) is 7. The number of aliphatic hydroxyl groups excluding tert-OH is 6. The molecule has 40 heteroatoms. The van der Waals surface area contributed by atoms with Crippen molar-refractivity contribution < 1.29 is 101 Å². The third-order valence-corrected chi connectivity index (χ3v) is 13.7. The van der Waals surface area contributed by atoms with Crippen LogP contribution < -0.4 is 88.0 Å². The molecule has 31 N–H and O–H groups in total. The second-order valence-corrected chi connectivity index (χ2v) is 21.2. The highest BCUT2D eigenvalue weighted by Gasteiger charge is 2.52. The molecule has 4 saturated heterocycles. The predicted octanol–water partition coefficient (Wildman–Crippen LogP) is -12.5. The van der Waals surface area contributed by atoms with Gasteiger partial charge in [-0.2, -0.15) is 8.42 Å². The fraction of sp³-hybridized carbons (Fsp3) is 0.795. The van der Waals surface area contributed by atoms with E-state index in [2.05, 4.69) is 57.8 Å². The zero-order valence-electron chi connectivity index (χ0n) is 45.5. The third-order valence-electron chi connectivity index (χ3n) is 13.7. The van der Waals surface area contributed by atoms with Crippen molar-refractivity contribution in [3.8, 4) is 0 Å². The lowest BCUT2D eigenvalue weighted by molar-refractivity contribution is -0.198. The van der Waals surface area contributed by atoms with Crippen LogP contribution in [0.1, 0.15) is 57.8 Å². The molecule has 0 saturated carbocycles. The lowest BCUT2D eigenvalue weighted by Gasteiger charge is -2.44. The maximum Gasteiger partial charge on any atom is 0.404 e. The van der Waals surface area contributed by atoms with Crippen molar-refractivity contribution in [2.24, 2.45) is 50.1 Å². The Bertz CT molecular complexity index is 2380. The molecule has 0 aromatic carbocycles. The fourth-order valence-electron chi connectivity index (χ4n) is 9.61. The molecule has 7 amide bonds. The summed E-state index contributed by atoms with van der Waals surface area (Å²) in [6.45, 7) is 0.0316. The van der Waals surface area contributed by atoms with E-state index in [1.165, 1.54) is 0 Å². The molecule has 6 rings (SSSR count). The van der Waals surface area contributed by atoms with E-state index in [9.17, 15) is 64.2 Å². The standard InChI is InChI=1S/C25H46N10O9.C19H34N8O8.H2O4S/c26-5-1-3-11(27)7-15(38)30-6-2-4-12(28)8-16(39)32-19-20(40)21(44-24(29)42)14(10-36)43-23(19)35-25-33-17-13(37)9-31-22(41)18(17)34-25;20-3-1-2-7(21)4-10(30)24-13-14(31)15(35-18(22)33)9(6-28)34-17(13)27-19-25-11-8(29)5-23-16(32)12(11)26-19;1-5(2,3)4/h11-14,17-21,23,36-37,40H,1-10,26-28H2,(H2,29,42)(H,30,38)(H,31,41)(H,32,39)(H2,33,34,35);7-9,11-15,17,28-29,31H,1-6,20-21H2,(H2,22,33)(H,23,32)(H,24,30)(H2,25,26,27);(H2,1,2,3,4). The van der Waals surface area contributed by atoms with E-state index in [1.807, 2.05) is 0 Å². The number of rotatable bonds is 24. The van der Waals surface area contributed by atoms with Crippen LogP contribution in [-0.4, -0.2) is 263 Å². The Balaban J connectivity index is 0.000000340. The van der Waals surface area contributed by atoms with Crippen LogP contribution in [0.25, 0.3) is 0 Å². The van der Waals surface area contributed by atoms with E-state index in [4.69, 9.17) is 76.6 Å². The van der Waals surface area contributed by atoms with Crippen molar-refractivity contribution in [3.05, 3.63) is 0 Å². The van der Waals surface area contributed by atoms with Gasteiger partial charge in [0.2, 0.25) is 29.5 Å². The van der Waals surface area contributed by atoms with E-state index in [-0.39, 0.29) is 62.1 Å². The van der Waals surface area contributed by atoms with Crippen molar-refractivity contribution in [1.29, 1.82) is 0 Å². The lowest BCUT2D eigenvalue weighted by Crippen LogP contribution is -2.70. The number of nitrogens with one attached hydrogen (secondary N) is 9. The number of carbonyl (C=O) groups excluding carboxylic acids is 7. The van der Waals surface area contributed by atoms with Crippen LogP contribution in [0.2, 0.25) is 0 Å². The summed E-state index contributed by atoms with van der Waals surface area (Å²) in [5.41, 5.74) is 39.2. The molecule has 0 aromatic heterocycles. The zero-order valence-corrected chi connectivity index (χ0v) is 46.3. The molecule has 0 spiro atoms. The summed E-state index contributed by atoms with van der Waals surface area (Å²) >= 11 is 0. The van der Waals surface area contributed by atoms with Crippen LogP contribution >= 0.6 is 0 Å². The first kappa shape index (κ1) is 70.3. The van der Waals surface area contributed by atoms with Crippen molar-refractivity contribution in [2.75, 3.05) is 45.9 Å². The Hall–Kier alpha value is -6.22. The van der Waals surface area contributed by atoms with Gasteiger partial charge in [-0.25, -0.2) is 19.6 Å². The Morgan fingerprint density at radius 2 is 0.988 bits per heavy atom. The van der Waals surface area contributed by atoms with E-state index < -0.39 is 163 Å². The Labute approximate surface area is 481 Å². The molecule has 19 unspecified atom stereocenters. The van der Waals surface area contributed by atoms with Crippen LogP contribution in [0.3, 0.4) is 0 Å². The predicted molar refractivity (Wildman–Crippen MR) is 288 cm³/mol. The van der Waals surface area contributed by atoms with Crippen LogP contribution in [-0.2, 0) is 53.3 Å². The number of amides is 7. The summed E-state index contributed by atoms with van der Waals surface area (Å²) in [4.78, 5) is 93.3. The van der Waals surface area contributed by atoms with Crippen molar-refractivity contribution in [1.82, 2.24) is 47.9 Å². The average Bonchev–Trinajstić information content (AvgIpc) is 2.06. The molecule has 6 heterocycles. The van der Waals surface area contributed by atoms with Crippen LogP contribution in [0.5, 0.6) is 0 Å². The number of nitrogens with zero attached hydrogens (tertiary/aromatic N) is 2. The molecule has 4 fully saturated rings. The highest BCUT2D eigenvalue weighted by atomic mass is 32.3. The van der Waals surface area contributed by atoms with Crippen LogP contribution in [0.15, 0.2) is 9.98 Å². The van der Waals surface area contributed by atoms with Gasteiger partial charge >= 0.3 is 22.6 Å². The van der Waals surface area contributed by atoms with Gasteiger partial charge in [-0.1, -0.05) is 0 Å². The number of β-amino-alcohol motifs (C(OH)–C–C–N with tert-alkyl or cyclic N) is 2. The number of hydrogen-bond donors (Lipinski definition) is 24. The monoisotopic (exact) mass is 1230 g/mol. The summed E-state index contributed by atoms with van der Waals surface area (Å²) in [5, 5.41) is 86.6. The highest BCUT2D eigenvalue weighted by molar-refractivity contribution is 7.79. The molecule has 0 bridgehead atoms. The quantitative estimate of drug-likeness (QED) is 0.0315. The summed E-state index contributed by atoms with van der Waals surface area (Å²) in [5.74, 6) is -1.95. The zero-order chi connectivity index (χ0) is 62.6. The van der Waals surface area contributed by atoms with E-state index in [0.29, 0.717) is 51.7 Å². The van der Waals surface area contributed by atoms with Crippen molar-refractivity contribution in [3.63, 3.8) is 0 Å². The molecule has 0 radical (unpaired) electrons. The van der Waals surface area contributed by atoms with Gasteiger partial charge in [0, 0.05) is 57.0 Å². The maximum absolute atomic E-state index is 13.0. The van der Waals surface area contributed by atoms with Gasteiger partial charge in [0.15, 0.2) is 48.7 Å². The van der Waals surface area contributed by atoms with E-state index in [1.54, 1.807) is 0 Å². The molecular formula is C44H82N18O21S. The molecule has 84 heavy (non-hydrogen) atoms. The summed E-state index contributed by atoms with van der Waals surface area (Å²) in [7, 11) is -4.67. The van der Waals surface area contributed by atoms with Crippen molar-refractivity contribution >= 4 is 64.0 Å². The number of guanidine groups is 2. The molecular weight excluding hydrogens is 1150 g/mol. The minimum Gasteiger partial charge on any atom is -0.441 e. The number of ether oxygens (including phenoxy) is 4. The molecule has 480 valence electrons. The number of aliphatic imine (C=N–C) groups is 2. The Morgan fingerprint density at radius 1 is 0.631 bits per heavy atom. The summed E-state index contributed by atoms with van der Waals surface area (Å²) in [6, 6.07) is -7.05. The average molecular weight is 1230 g/mol. The Morgan fingerprint density at radius 3 is 1.32 bits per heavy atom. The van der Waals surface area contributed by atoms with Crippen molar-refractivity contribution in [2.45, 2.75) is 173 Å². The van der Waals surface area contributed by atoms with Gasteiger partial charge < -0.3 is 138 Å². The molecule has 0 aliphatic carbocycles. The number of carbonyl (C=O) groups is 7. The lowest BCUT2D eigenvalue weighted by atomic mass is 9.95. The fourth-order valence-corrected chi connectivity index (χ4v) is 9.61. The molecule has 6 aliphatic heterocycles. The van der Waals surface area contributed by atoms with Gasteiger partial charge in [0.25, 0.3) is 0 Å². The number of fused-ring (bicyclic) bond motifs is 2. The molecule has 19 atom stereocenters. The molecule has 0 aromatic rings. The minimum atomic E-state index is -4.67. The highest BCUT2D eigenvalue weighted by Crippen LogP contribution is 2.26. The van der Waals surface area contributed by atoms with Gasteiger partial charge in [0.1, 0.15) is 36.5 Å². The number of primary amides is 2. The van der Waals surface area contributed by atoms with Gasteiger partial charge in [-0.05, 0) is 51.6 Å².